The number of pyridine rings is 1. The van der Waals surface area contributed by atoms with Crippen LogP contribution in [0.3, 0.4) is 0 Å². The summed E-state index contributed by atoms with van der Waals surface area (Å²) >= 11 is 0. The second-order valence-electron chi connectivity index (χ2n) is 4.53. The molecule has 0 aliphatic heterocycles. The van der Waals surface area contributed by atoms with Crippen molar-refractivity contribution in [2.75, 3.05) is 0 Å². The fourth-order valence-electron chi connectivity index (χ4n) is 1.84. The van der Waals surface area contributed by atoms with Gasteiger partial charge in [-0.1, -0.05) is 20.8 Å². The maximum Gasteiger partial charge on any atom is 0.256 e. The van der Waals surface area contributed by atoms with E-state index in [9.17, 15) is 4.79 Å². The number of aromatic nitrogens is 1. The lowest BCUT2D eigenvalue weighted by atomic mass is 10.1. The first kappa shape index (κ1) is 13.0. The predicted molar refractivity (Wildman–Crippen MR) is 65.7 cm³/mol. The van der Waals surface area contributed by atoms with Crippen molar-refractivity contribution in [1.82, 2.24) is 4.57 Å². The van der Waals surface area contributed by atoms with Gasteiger partial charge in [0.1, 0.15) is 0 Å². The number of hydrogen-bond donors (Lipinski definition) is 1. The molecule has 1 aromatic heterocycles. The minimum atomic E-state index is -0.187. The second-order valence-corrected chi connectivity index (χ2v) is 4.53. The van der Waals surface area contributed by atoms with E-state index in [2.05, 4.69) is 20.8 Å². The van der Waals surface area contributed by atoms with Crippen LogP contribution in [0.4, 0.5) is 0 Å². The van der Waals surface area contributed by atoms with Crippen LogP contribution < -0.4 is 5.56 Å². The average Bonchev–Trinajstić information content (AvgIpc) is 2.27. The van der Waals surface area contributed by atoms with Crippen LogP contribution in [0.25, 0.3) is 0 Å². The molecular formula is C13H21NO2. The van der Waals surface area contributed by atoms with Gasteiger partial charge < -0.3 is 9.67 Å². The number of rotatable bonds is 4. The van der Waals surface area contributed by atoms with Crippen molar-refractivity contribution in [3.63, 3.8) is 0 Å². The van der Waals surface area contributed by atoms with Crippen molar-refractivity contribution in [2.45, 2.75) is 52.7 Å². The van der Waals surface area contributed by atoms with Crippen molar-refractivity contribution in [3.8, 4) is 0 Å². The Morgan fingerprint density at radius 2 is 1.94 bits per heavy atom. The smallest absolute Gasteiger partial charge is 0.256 e. The molecule has 0 amide bonds. The van der Waals surface area contributed by atoms with Crippen LogP contribution in [0.1, 0.15) is 57.3 Å². The number of aliphatic hydroxyl groups is 1. The number of hydrogen-bond acceptors (Lipinski definition) is 2. The molecule has 3 nitrogen and oxygen atoms in total. The molecule has 1 unspecified atom stereocenters. The largest absolute Gasteiger partial charge is 0.391 e. The van der Waals surface area contributed by atoms with Gasteiger partial charge in [0, 0.05) is 17.3 Å². The van der Waals surface area contributed by atoms with Gasteiger partial charge in [-0.3, -0.25) is 4.79 Å². The molecule has 0 spiro atoms. The molecule has 1 heterocycles. The molecule has 0 radical (unpaired) electrons. The highest BCUT2D eigenvalue weighted by atomic mass is 16.3. The predicted octanol–water partition coefficient (Wildman–Crippen LogP) is 2.44. The molecule has 90 valence electrons. The summed E-state index contributed by atoms with van der Waals surface area (Å²) in [5.74, 6) is 0.314. The van der Waals surface area contributed by atoms with Gasteiger partial charge in [0.2, 0.25) is 0 Å². The van der Waals surface area contributed by atoms with Crippen LogP contribution >= 0.6 is 0 Å². The standard InChI is InChI=1S/C13H21NO2/c1-5-10(4)14-12(9(2)3)7-6-11(8-15)13(14)16/h6-7,9-10,15H,5,8H2,1-4H3. The lowest BCUT2D eigenvalue weighted by Gasteiger charge is -2.21. The van der Waals surface area contributed by atoms with E-state index in [4.69, 9.17) is 5.11 Å². The van der Waals surface area contributed by atoms with Crippen LogP contribution in [0, 0.1) is 0 Å². The zero-order valence-corrected chi connectivity index (χ0v) is 10.5. The van der Waals surface area contributed by atoms with E-state index in [0.717, 1.165) is 12.1 Å². The minimum absolute atomic E-state index is 0.0527. The van der Waals surface area contributed by atoms with E-state index in [1.54, 1.807) is 6.07 Å². The summed E-state index contributed by atoms with van der Waals surface area (Å²) in [6, 6.07) is 3.86. The number of nitrogens with zero attached hydrogens (tertiary/aromatic N) is 1. The van der Waals surface area contributed by atoms with Crippen molar-refractivity contribution in [2.24, 2.45) is 0 Å². The molecule has 1 aromatic rings. The lowest BCUT2D eigenvalue weighted by molar-refractivity contribution is 0.278. The Kier molecular flexibility index (Phi) is 4.30. The molecule has 1 N–H and O–H groups in total. The zero-order valence-electron chi connectivity index (χ0n) is 10.5. The maximum absolute atomic E-state index is 12.1. The summed E-state index contributed by atoms with van der Waals surface area (Å²) in [4.78, 5) is 12.1. The zero-order chi connectivity index (χ0) is 12.3. The molecule has 16 heavy (non-hydrogen) atoms. The van der Waals surface area contributed by atoms with Crippen LogP contribution in [-0.2, 0) is 6.61 Å². The maximum atomic E-state index is 12.1. The van der Waals surface area contributed by atoms with E-state index in [1.807, 2.05) is 17.6 Å². The Labute approximate surface area is 96.7 Å². The second kappa shape index (κ2) is 5.30. The Bertz CT molecular complexity index is 407. The van der Waals surface area contributed by atoms with Crippen molar-refractivity contribution in [1.29, 1.82) is 0 Å². The summed E-state index contributed by atoms with van der Waals surface area (Å²) in [5.41, 5.74) is 1.46. The van der Waals surface area contributed by atoms with Gasteiger partial charge in [-0.05, 0) is 31.4 Å². The first-order valence-electron chi connectivity index (χ1n) is 5.88. The number of aliphatic hydroxyl groups excluding tert-OH is 1. The van der Waals surface area contributed by atoms with Gasteiger partial charge in [-0.15, -0.1) is 0 Å². The van der Waals surface area contributed by atoms with E-state index in [1.165, 1.54) is 0 Å². The summed E-state index contributed by atoms with van der Waals surface area (Å²) in [6.07, 6.45) is 0.911. The molecule has 3 heteroatoms. The fraction of sp³-hybridized carbons (Fsp3) is 0.615. The van der Waals surface area contributed by atoms with Crippen LogP contribution in [-0.4, -0.2) is 9.67 Å². The van der Waals surface area contributed by atoms with E-state index >= 15 is 0 Å². The SMILES string of the molecule is CCC(C)n1c(C(C)C)ccc(CO)c1=O. The highest BCUT2D eigenvalue weighted by Crippen LogP contribution is 2.18. The highest BCUT2D eigenvalue weighted by molar-refractivity contribution is 5.18. The lowest BCUT2D eigenvalue weighted by Crippen LogP contribution is -2.29. The van der Waals surface area contributed by atoms with Crippen molar-refractivity contribution >= 4 is 0 Å². The molecule has 1 atom stereocenters. The van der Waals surface area contributed by atoms with E-state index < -0.39 is 0 Å². The highest BCUT2D eigenvalue weighted by Gasteiger charge is 2.14. The van der Waals surface area contributed by atoms with Gasteiger partial charge in [0.15, 0.2) is 0 Å². The Balaban J connectivity index is 3.43. The van der Waals surface area contributed by atoms with Crippen LogP contribution in [0.5, 0.6) is 0 Å². The quantitative estimate of drug-likeness (QED) is 0.851. The van der Waals surface area contributed by atoms with Gasteiger partial charge in [0.25, 0.3) is 5.56 Å². The van der Waals surface area contributed by atoms with Crippen LogP contribution in [0.15, 0.2) is 16.9 Å². The average molecular weight is 223 g/mol. The molecule has 0 saturated carbocycles. The van der Waals surface area contributed by atoms with Crippen LogP contribution in [0.2, 0.25) is 0 Å². The van der Waals surface area contributed by atoms with Gasteiger partial charge in [-0.2, -0.15) is 0 Å². The van der Waals surface area contributed by atoms with E-state index in [-0.39, 0.29) is 18.2 Å². The summed E-state index contributed by atoms with van der Waals surface area (Å²) in [6.45, 7) is 8.06. The molecule has 0 bridgehead atoms. The molecule has 0 aromatic carbocycles. The molecular weight excluding hydrogens is 202 g/mol. The summed E-state index contributed by atoms with van der Waals surface area (Å²) in [5, 5.41) is 9.11. The molecule has 0 saturated heterocycles. The summed E-state index contributed by atoms with van der Waals surface area (Å²) in [7, 11) is 0. The Hall–Kier alpha value is -1.09. The Morgan fingerprint density at radius 1 is 1.31 bits per heavy atom. The van der Waals surface area contributed by atoms with E-state index in [0.29, 0.717) is 11.5 Å². The van der Waals surface area contributed by atoms with Crippen molar-refractivity contribution < 1.29 is 5.11 Å². The topological polar surface area (TPSA) is 42.2 Å². The first-order chi connectivity index (χ1) is 7.52. The third-order valence-electron chi connectivity index (χ3n) is 3.02. The van der Waals surface area contributed by atoms with Crippen molar-refractivity contribution in [3.05, 3.63) is 33.7 Å². The molecule has 1 rings (SSSR count). The van der Waals surface area contributed by atoms with Gasteiger partial charge >= 0.3 is 0 Å². The third-order valence-corrected chi connectivity index (χ3v) is 3.02. The molecule has 0 aliphatic carbocycles. The minimum Gasteiger partial charge on any atom is -0.391 e. The van der Waals surface area contributed by atoms with Gasteiger partial charge in [0.05, 0.1) is 6.61 Å². The fourth-order valence-corrected chi connectivity index (χ4v) is 1.84. The normalized spacial score (nSPS) is 13.1. The molecule has 0 aliphatic rings. The Morgan fingerprint density at radius 3 is 2.38 bits per heavy atom. The first-order valence-corrected chi connectivity index (χ1v) is 5.88. The molecule has 0 fully saturated rings. The summed E-state index contributed by atoms with van der Waals surface area (Å²) < 4.78 is 1.82. The monoisotopic (exact) mass is 223 g/mol. The third kappa shape index (κ3) is 2.35. The van der Waals surface area contributed by atoms with Gasteiger partial charge in [-0.25, -0.2) is 0 Å².